The van der Waals surface area contributed by atoms with E-state index in [1.165, 1.54) is 17.0 Å². The molecule has 0 aliphatic rings. The number of anilines is 1. The average Bonchev–Trinajstić information content (AvgIpc) is 2.48. The summed E-state index contributed by atoms with van der Waals surface area (Å²) >= 11 is 0. The van der Waals surface area contributed by atoms with Crippen LogP contribution in [0.15, 0.2) is 17.3 Å². The van der Waals surface area contributed by atoms with E-state index in [1.807, 2.05) is 0 Å². The number of fused-ring (bicyclic) bond motifs is 1. The minimum atomic E-state index is -0.344. The van der Waals surface area contributed by atoms with Crippen molar-refractivity contribution < 1.29 is 0 Å². The Bertz CT molecular complexity index is 483. The topological polar surface area (TPSA) is 118 Å². The lowest BCUT2D eigenvalue weighted by molar-refractivity contribution is 0.814. The first-order valence-electron chi connectivity index (χ1n) is 3.41. The van der Waals surface area contributed by atoms with Crippen LogP contribution in [0.5, 0.6) is 0 Å². The van der Waals surface area contributed by atoms with Crippen LogP contribution in [-0.4, -0.2) is 19.6 Å². The number of nitrogens with one attached hydrogen (secondary N) is 1. The van der Waals surface area contributed by atoms with Crippen molar-refractivity contribution in [2.45, 2.75) is 0 Å². The van der Waals surface area contributed by atoms with Gasteiger partial charge in [0.15, 0.2) is 5.82 Å². The second-order valence-electron chi connectivity index (χ2n) is 2.38. The number of rotatable bonds is 1. The molecule has 0 aromatic carbocycles. The monoisotopic (exact) mass is 181 g/mol. The predicted molar refractivity (Wildman–Crippen MR) is 44.5 cm³/mol. The molecule has 0 aliphatic carbocycles. The minimum Gasteiger partial charge on any atom is -0.308 e. The summed E-state index contributed by atoms with van der Waals surface area (Å²) in [6.45, 7) is 0. The Hall–Kier alpha value is -1.93. The number of hydrogen-bond donors (Lipinski definition) is 3. The number of aromatic amines is 1. The maximum absolute atomic E-state index is 11.1. The molecule has 5 N–H and O–H groups in total. The van der Waals surface area contributed by atoms with Crippen LogP contribution < -0.4 is 22.4 Å². The van der Waals surface area contributed by atoms with Crippen LogP contribution in [0.3, 0.4) is 0 Å². The van der Waals surface area contributed by atoms with Gasteiger partial charge in [0.05, 0.1) is 6.20 Å². The highest BCUT2D eigenvalue weighted by Gasteiger charge is 2.08. The fraction of sp³-hybridized carbons (Fsp3) is 0. The molecule has 0 atom stereocenters. The second kappa shape index (κ2) is 2.54. The molecule has 0 saturated heterocycles. The van der Waals surface area contributed by atoms with Crippen molar-refractivity contribution in [3.8, 4) is 0 Å². The van der Waals surface area contributed by atoms with E-state index < -0.39 is 0 Å². The van der Waals surface area contributed by atoms with Crippen LogP contribution in [0.25, 0.3) is 5.65 Å². The van der Waals surface area contributed by atoms with Crippen molar-refractivity contribution >= 4 is 11.5 Å². The van der Waals surface area contributed by atoms with Crippen molar-refractivity contribution in [3.63, 3.8) is 0 Å². The molecule has 8 heteroatoms. The van der Waals surface area contributed by atoms with Gasteiger partial charge in [-0.15, -0.1) is 0 Å². The molecule has 0 unspecified atom stereocenters. The highest BCUT2D eigenvalue weighted by molar-refractivity contribution is 5.46. The van der Waals surface area contributed by atoms with Gasteiger partial charge in [-0.25, -0.2) is 21.8 Å². The van der Waals surface area contributed by atoms with Crippen molar-refractivity contribution in [1.29, 1.82) is 0 Å². The molecule has 0 fully saturated rings. The molecule has 2 rings (SSSR count). The molecular weight excluding hydrogens is 174 g/mol. The molecule has 2 aromatic rings. The van der Waals surface area contributed by atoms with Gasteiger partial charge in [-0.1, -0.05) is 0 Å². The van der Waals surface area contributed by atoms with Gasteiger partial charge >= 0.3 is 0 Å². The minimum absolute atomic E-state index is 0.151. The summed E-state index contributed by atoms with van der Waals surface area (Å²) in [5, 5.41) is 4.66. The summed E-state index contributed by atoms with van der Waals surface area (Å²) in [5.74, 6) is 10.9. The SMILES string of the molecule is NN(N)c1cnc2c(=O)[nH]cnn12. The average molecular weight is 181 g/mol. The Morgan fingerprint density at radius 3 is 3.00 bits per heavy atom. The van der Waals surface area contributed by atoms with Crippen molar-refractivity contribution in [3.05, 3.63) is 22.9 Å². The number of imidazole rings is 1. The molecule has 0 saturated carbocycles. The third kappa shape index (κ3) is 1.04. The Morgan fingerprint density at radius 1 is 1.54 bits per heavy atom. The highest BCUT2D eigenvalue weighted by Crippen LogP contribution is 2.05. The Kier molecular flexibility index (Phi) is 1.50. The van der Waals surface area contributed by atoms with Gasteiger partial charge in [-0.2, -0.15) is 9.61 Å². The summed E-state index contributed by atoms with van der Waals surface area (Å²) in [6.07, 6.45) is 2.60. The van der Waals surface area contributed by atoms with Crippen LogP contribution in [0.4, 0.5) is 5.82 Å². The summed E-state index contributed by atoms with van der Waals surface area (Å²) in [4.78, 5) is 17.3. The van der Waals surface area contributed by atoms with E-state index in [9.17, 15) is 4.79 Å². The maximum atomic E-state index is 11.1. The highest BCUT2D eigenvalue weighted by atomic mass is 16.1. The maximum Gasteiger partial charge on any atom is 0.294 e. The zero-order chi connectivity index (χ0) is 9.42. The van der Waals surface area contributed by atoms with Crippen LogP contribution in [0.2, 0.25) is 0 Å². The molecule has 0 amide bonds. The van der Waals surface area contributed by atoms with Crippen LogP contribution >= 0.6 is 0 Å². The number of nitrogens with zero attached hydrogens (tertiary/aromatic N) is 4. The quantitative estimate of drug-likeness (QED) is 0.345. The van der Waals surface area contributed by atoms with E-state index in [2.05, 4.69) is 15.1 Å². The van der Waals surface area contributed by atoms with Crippen molar-refractivity contribution in [1.82, 2.24) is 19.6 Å². The lowest BCUT2D eigenvalue weighted by Crippen LogP contribution is -2.39. The van der Waals surface area contributed by atoms with Gasteiger partial charge < -0.3 is 4.98 Å². The largest absolute Gasteiger partial charge is 0.308 e. The first kappa shape index (κ1) is 7.71. The second-order valence-corrected chi connectivity index (χ2v) is 2.38. The van der Waals surface area contributed by atoms with Gasteiger partial charge in [-0.3, -0.25) is 4.79 Å². The van der Waals surface area contributed by atoms with E-state index in [0.717, 1.165) is 5.12 Å². The Labute approximate surface area is 71.7 Å². The number of H-pyrrole nitrogens is 1. The Morgan fingerprint density at radius 2 is 2.31 bits per heavy atom. The smallest absolute Gasteiger partial charge is 0.294 e. The van der Waals surface area contributed by atoms with Crippen molar-refractivity contribution in [2.75, 3.05) is 5.12 Å². The summed E-state index contributed by atoms with van der Waals surface area (Å²) in [6, 6.07) is 0. The molecule has 0 bridgehead atoms. The van der Waals surface area contributed by atoms with E-state index in [-0.39, 0.29) is 11.2 Å². The lowest BCUT2D eigenvalue weighted by Gasteiger charge is -2.07. The molecule has 8 nitrogen and oxygen atoms in total. The zero-order valence-electron chi connectivity index (χ0n) is 6.51. The molecule has 2 heterocycles. The van der Waals surface area contributed by atoms with Crippen LogP contribution in [-0.2, 0) is 0 Å². The normalized spacial score (nSPS) is 10.6. The third-order valence-electron chi connectivity index (χ3n) is 1.56. The van der Waals surface area contributed by atoms with E-state index in [4.69, 9.17) is 11.7 Å². The third-order valence-corrected chi connectivity index (χ3v) is 1.56. The molecule has 68 valence electrons. The molecule has 0 aliphatic heterocycles. The summed E-state index contributed by atoms with van der Waals surface area (Å²) < 4.78 is 1.25. The van der Waals surface area contributed by atoms with E-state index in [1.54, 1.807) is 0 Å². The van der Waals surface area contributed by atoms with Gasteiger partial charge in [-0.05, 0) is 0 Å². The standard InChI is InChI=1S/C5H7N7O/c6-12(7)3-1-8-4-5(13)9-2-10-11(3)4/h1-2H,6-7H2,(H,9,10,13). The predicted octanol–water partition coefficient (Wildman–Crippen LogP) is -2.03. The number of hydrazine groups is 2. The lowest BCUT2D eigenvalue weighted by atomic mass is 10.7. The van der Waals surface area contributed by atoms with Gasteiger partial charge in [0.2, 0.25) is 5.65 Å². The summed E-state index contributed by atoms with van der Waals surface area (Å²) in [7, 11) is 0. The summed E-state index contributed by atoms with van der Waals surface area (Å²) in [5.41, 5.74) is -0.193. The molecule has 0 radical (unpaired) electrons. The van der Waals surface area contributed by atoms with Gasteiger partial charge in [0.1, 0.15) is 6.33 Å². The van der Waals surface area contributed by atoms with Crippen LogP contribution in [0.1, 0.15) is 0 Å². The van der Waals surface area contributed by atoms with Crippen LogP contribution in [0, 0.1) is 0 Å². The van der Waals surface area contributed by atoms with E-state index in [0.29, 0.717) is 5.82 Å². The fourth-order valence-electron chi connectivity index (χ4n) is 0.991. The molecule has 13 heavy (non-hydrogen) atoms. The van der Waals surface area contributed by atoms with Crippen molar-refractivity contribution in [2.24, 2.45) is 11.7 Å². The molecular formula is C5H7N7O. The first-order chi connectivity index (χ1) is 6.20. The zero-order valence-corrected chi connectivity index (χ0v) is 6.51. The van der Waals surface area contributed by atoms with Gasteiger partial charge in [0.25, 0.3) is 5.56 Å². The number of nitrogens with two attached hydrogens (primary N) is 2. The Balaban J connectivity index is 2.83. The molecule has 2 aromatic heterocycles. The fourth-order valence-corrected chi connectivity index (χ4v) is 0.991. The molecule has 0 spiro atoms. The number of hydrogen-bond acceptors (Lipinski definition) is 6. The van der Waals surface area contributed by atoms with E-state index >= 15 is 0 Å². The first-order valence-corrected chi connectivity index (χ1v) is 3.41. The number of aromatic nitrogens is 4. The van der Waals surface area contributed by atoms with Gasteiger partial charge in [0, 0.05) is 0 Å².